The minimum absolute atomic E-state index is 0.0152. The Bertz CT molecular complexity index is 729. The second-order valence-electron chi connectivity index (χ2n) is 6.20. The molecule has 23 heavy (non-hydrogen) atoms. The van der Waals surface area contributed by atoms with Crippen molar-refractivity contribution in [2.24, 2.45) is 0 Å². The number of carbonyl (C=O) groups excluding carboxylic acids is 1. The van der Waals surface area contributed by atoms with E-state index in [-0.39, 0.29) is 5.91 Å². The molecule has 0 fully saturated rings. The van der Waals surface area contributed by atoms with Gasteiger partial charge in [-0.3, -0.25) is 9.69 Å². The van der Waals surface area contributed by atoms with E-state index in [1.165, 1.54) is 11.1 Å². The van der Waals surface area contributed by atoms with E-state index < -0.39 is 0 Å². The van der Waals surface area contributed by atoms with Gasteiger partial charge in [-0.05, 0) is 71.6 Å². The van der Waals surface area contributed by atoms with Gasteiger partial charge in [0.2, 0.25) is 5.91 Å². The molecule has 0 heterocycles. The van der Waals surface area contributed by atoms with Gasteiger partial charge in [0.15, 0.2) is 0 Å². The van der Waals surface area contributed by atoms with E-state index in [9.17, 15) is 4.79 Å². The third kappa shape index (κ3) is 3.65. The summed E-state index contributed by atoms with van der Waals surface area (Å²) in [7, 11) is 2.02. The van der Waals surface area contributed by atoms with Crippen LogP contribution >= 0.6 is 15.9 Å². The van der Waals surface area contributed by atoms with Crippen LogP contribution in [0.4, 0.5) is 5.69 Å². The van der Waals surface area contributed by atoms with E-state index in [0.717, 1.165) is 28.6 Å². The Morgan fingerprint density at radius 2 is 2.09 bits per heavy atom. The number of fused-ring (bicyclic) bond motifs is 1. The predicted molar refractivity (Wildman–Crippen MR) is 97.6 cm³/mol. The largest absolute Gasteiger partial charge is 0.324 e. The molecular formula is C19H21BrN2O. The lowest BCUT2D eigenvalue weighted by Crippen LogP contribution is -2.32. The van der Waals surface area contributed by atoms with E-state index >= 15 is 0 Å². The van der Waals surface area contributed by atoms with E-state index in [2.05, 4.69) is 50.4 Å². The third-order valence-corrected chi connectivity index (χ3v) is 5.08. The number of benzene rings is 2. The number of carbonyl (C=O) groups is 1. The molecule has 1 N–H and O–H groups in total. The summed E-state index contributed by atoms with van der Waals surface area (Å²) in [5, 5.41) is 2.99. The number of anilines is 1. The first kappa shape index (κ1) is 16.2. The minimum atomic E-state index is 0.0152. The highest BCUT2D eigenvalue weighted by molar-refractivity contribution is 9.10. The lowest BCUT2D eigenvalue weighted by atomic mass is 10.1. The van der Waals surface area contributed by atoms with E-state index in [0.29, 0.717) is 12.6 Å². The summed E-state index contributed by atoms with van der Waals surface area (Å²) < 4.78 is 0.916. The summed E-state index contributed by atoms with van der Waals surface area (Å²) in [4.78, 5) is 14.5. The average molecular weight is 373 g/mol. The molecule has 0 spiro atoms. The van der Waals surface area contributed by atoms with Crippen molar-refractivity contribution in [2.75, 3.05) is 18.9 Å². The van der Waals surface area contributed by atoms with Crippen LogP contribution in [0, 0.1) is 6.92 Å². The summed E-state index contributed by atoms with van der Waals surface area (Å²) in [6.07, 6.45) is 2.17. The molecule has 1 atom stereocenters. The Balaban J connectivity index is 1.64. The van der Waals surface area contributed by atoms with Crippen LogP contribution in [0.3, 0.4) is 0 Å². The fraction of sp³-hybridized carbons (Fsp3) is 0.316. The second kappa shape index (κ2) is 6.85. The van der Waals surface area contributed by atoms with Crippen LogP contribution in [0.15, 0.2) is 46.9 Å². The zero-order chi connectivity index (χ0) is 16.4. The normalized spacial score (nSPS) is 16.4. The number of nitrogens with zero attached hydrogens (tertiary/aromatic N) is 1. The SMILES string of the molecule is Cc1ccc(NC(=O)CN(C)C2CCc3ccccc32)c(Br)c1. The first-order valence-electron chi connectivity index (χ1n) is 7.88. The molecule has 0 aromatic heterocycles. The molecule has 0 saturated carbocycles. The highest BCUT2D eigenvalue weighted by Gasteiger charge is 2.26. The predicted octanol–water partition coefficient (Wildman–Crippen LogP) is 4.32. The topological polar surface area (TPSA) is 32.3 Å². The first-order valence-corrected chi connectivity index (χ1v) is 8.68. The van der Waals surface area contributed by atoms with Crippen LogP contribution in [0.25, 0.3) is 0 Å². The van der Waals surface area contributed by atoms with Crippen molar-refractivity contribution >= 4 is 27.5 Å². The molecule has 3 nitrogen and oxygen atoms in total. The molecular weight excluding hydrogens is 352 g/mol. The highest BCUT2D eigenvalue weighted by atomic mass is 79.9. The van der Waals surface area contributed by atoms with Crippen molar-refractivity contribution in [1.82, 2.24) is 4.90 Å². The zero-order valence-corrected chi connectivity index (χ0v) is 15.1. The fourth-order valence-electron chi connectivity index (χ4n) is 3.24. The molecule has 2 aromatic rings. The molecule has 1 amide bonds. The summed E-state index contributed by atoms with van der Waals surface area (Å²) in [6.45, 7) is 2.42. The van der Waals surface area contributed by atoms with Gasteiger partial charge >= 0.3 is 0 Å². The number of amides is 1. The highest BCUT2D eigenvalue weighted by Crippen LogP contribution is 2.34. The summed E-state index contributed by atoms with van der Waals surface area (Å²) >= 11 is 3.50. The number of likely N-dealkylation sites (N-methyl/N-ethyl adjacent to an activating group) is 1. The van der Waals surface area contributed by atoms with Crippen LogP contribution in [0.1, 0.15) is 29.2 Å². The molecule has 1 aliphatic rings. The van der Waals surface area contributed by atoms with Crippen molar-refractivity contribution in [3.8, 4) is 0 Å². The van der Waals surface area contributed by atoms with Gasteiger partial charge in [-0.25, -0.2) is 0 Å². The van der Waals surface area contributed by atoms with Crippen LogP contribution in [0.5, 0.6) is 0 Å². The standard InChI is InChI=1S/C19H21BrN2O/c1-13-7-9-17(16(20)11-13)21-19(23)12-22(2)18-10-8-14-5-3-4-6-15(14)18/h3-7,9,11,18H,8,10,12H2,1-2H3,(H,21,23). The summed E-state index contributed by atoms with van der Waals surface area (Å²) in [5.74, 6) is 0.0152. The van der Waals surface area contributed by atoms with Gasteiger partial charge in [0, 0.05) is 10.5 Å². The van der Waals surface area contributed by atoms with Crippen LogP contribution in [0.2, 0.25) is 0 Å². The molecule has 2 aromatic carbocycles. The van der Waals surface area contributed by atoms with Gasteiger partial charge in [-0.1, -0.05) is 30.3 Å². The Labute approximate surface area is 145 Å². The van der Waals surface area contributed by atoms with Gasteiger partial charge in [0.25, 0.3) is 0 Å². The molecule has 0 aliphatic heterocycles. The number of aryl methyl sites for hydroxylation is 2. The van der Waals surface area contributed by atoms with Crippen molar-refractivity contribution in [2.45, 2.75) is 25.8 Å². The molecule has 3 rings (SSSR count). The number of halogens is 1. The van der Waals surface area contributed by atoms with Gasteiger partial charge in [-0.15, -0.1) is 0 Å². The third-order valence-electron chi connectivity index (χ3n) is 4.42. The zero-order valence-electron chi connectivity index (χ0n) is 13.5. The molecule has 0 saturated heterocycles. The maximum absolute atomic E-state index is 12.4. The molecule has 1 aliphatic carbocycles. The molecule has 0 bridgehead atoms. The second-order valence-corrected chi connectivity index (χ2v) is 7.05. The minimum Gasteiger partial charge on any atom is -0.324 e. The summed E-state index contributed by atoms with van der Waals surface area (Å²) in [6, 6.07) is 14.8. The lowest BCUT2D eigenvalue weighted by Gasteiger charge is -2.24. The molecule has 1 unspecified atom stereocenters. The van der Waals surface area contributed by atoms with Gasteiger partial charge in [0.05, 0.1) is 12.2 Å². The number of hydrogen-bond donors (Lipinski definition) is 1. The van der Waals surface area contributed by atoms with Crippen molar-refractivity contribution in [1.29, 1.82) is 0 Å². The average Bonchev–Trinajstić information content (AvgIpc) is 2.94. The molecule has 120 valence electrons. The maximum atomic E-state index is 12.4. The first-order chi connectivity index (χ1) is 11.0. The van der Waals surface area contributed by atoms with E-state index in [1.807, 2.05) is 32.2 Å². The Hall–Kier alpha value is -1.65. The lowest BCUT2D eigenvalue weighted by molar-refractivity contribution is -0.117. The van der Waals surface area contributed by atoms with Crippen LogP contribution < -0.4 is 5.32 Å². The molecule has 0 radical (unpaired) electrons. The molecule has 4 heteroatoms. The fourth-order valence-corrected chi connectivity index (χ4v) is 3.83. The van der Waals surface area contributed by atoms with Gasteiger partial charge < -0.3 is 5.32 Å². The number of hydrogen-bond acceptors (Lipinski definition) is 2. The van der Waals surface area contributed by atoms with Crippen molar-refractivity contribution in [3.63, 3.8) is 0 Å². The smallest absolute Gasteiger partial charge is 0.238 e. The van der Waals surface area contributed by atoms with Crippen molar-refractivity contribution < 1.29 is 4.79 Å². The Kier molecular flexibility index (Phi) is 4.83. The number of nitrogens with one attached hydrogen (secondary N) is 1. The van der Waals surface area contributed by atoms with Crippen molar-refractivity contribution in [3.05, 3.63) is 63.6 Å². The van der Waals surface area contributed by atoms with Gasteiger partial charge in [-0.2, -0.15) is 0 Å². The Morgan fingerprint density at radius 3 is 2.87 bits per heavy atom. The van der Waals surface area contributed by atoms with E-state index in [4.69, 9.17) is 0 Å². The van der Waals surface area contributed by atoms with E-state index in [1.54, 1.807) is 0 Å². The summed E-state index contributed by atoms with van der Waals surface area (Å²) in [5.41, 5.74) is 4.75. The van der Waals surface area contributed by atoms with Gasteiger partial charge in [0.1, 0.15) is 0 Å². The number of rotatable bonds is 4. The monoisotopic (exact) mass is 372 g/mol. The maximum Gasteiger partial charge on any atom is 0.238 e. The Morgan fingerprint density at radius 1 is 1.30 bits per heavy atom. The quantitative estimate of drug-likeness (QED) is 0.866. The van der Waals surface area contributed by atoms with Crippen LogP contribution in [-0.4, -0.2) is 24.4 Å². The van der Waals surface area contributed by atoms with Crippen LogP contribution in [-0.2, 0) is 11.2 Å².